The van der Waals surface area contributed by atoms with Gasteiger partial charge in [0.15, 0.2) is 0 Å². The van der Waals surface area contributed by atoms with Gasteiger partial charge in [-0.05, 0) is 48.7 Å². The first-order chi connectivity index (χ1) is 11.5. The van der Waals surface area contributed by atoms with Gasteiger partial charge in [-0.1, -0.05) is 26.0 Å². The summed E-state index contributed by atoms with van der Waals surface area (Å²) in [4.78, 5) is 23.2. The van der Waals surface area contributed by atoms with Crippen molar-refractivity contribution in [1.29, 1.82) is 0 Å². The van der Waals surface area contributed by atoms with E-state index in [2.05, 4.69) is 13.8 Å². The van der Waals surface area contributed by atoms with E-state index >= 15 is 0 Å². The minimum Gasteiger partial charge on any atom is -0.493 e. The smallest absolute Gasteiger partial charge is 0.347 e. The highest BCUT2D eigenvalue weighted by atomic mass is 16.5. The van der Waals surface area contributed by atoms with E-state index in [1.807, 2.05) is 0 Å². The molecule has 0 aliphatic heterocycles. The molecule has 0 aromatic heterocycles. The van der Waals surface area contributed by atoms with Crippen molar-refractivity contribution < 1.29 is 24.2 Å². The molecule has 0 radical (unpaired) electrons. The van der Waals surface area contributed by atoms with Crippen LogP contribution in [0.1, 0.15) is 41.0 Å². The molecule has 0 bridgehead atoms. The van der Waals surface area contributed by atoms with Gasteiger partial charge in [-0.2, -0.15) is 0 Å². The van der Waals surface area contributed by atoms with Gasteiger partial charge in [0.25, 0.3) is 0 Å². The molecule has 0 saturated heterocycles. The van der Waals surface area contributed by atoms with Gasteiger partial charge in [-0.3, -0.25) is 0 Å². The lowest BCUT2D eigenvalue weighted by Crippen LogP contribution is -2.12. The highest BCUT2D eigenvalue weighted by molar-refractivity contribution is 5.94. The van der Waals surface area contributed by atoms with Gasteiger partial charge < -0.3 is 14.6 Å². The van der Waals surface area contributed by atoms with Crippen molar-refractivity contribution in [2.24, 2.45) is 5.92 Å². The number of para-hydroxylation sites is 1. The molecule has 0 spiro atoms. The van der Waals surface area contributed by atoms with Gasteiger partial charge in [0, 0.05) is 0 Å². The third kappa shape index (κ3) is 4.84. The fourth-order valence-corrected chi connectivity index (χ4v) is 1.99. The number of carboxylic acids is 1. The van der Waals surface area contributed by atoms with Gasteiger partial charge in [0.1, 0.15) is 17.1 Å². The van der Waals surface area contributed by atoms with Crippen LogP contribution >= 0.6 is 0 Å². The first kappa shape index (κ1) is 17.5. The summed E-state index contributed by atoms with van der Waals surface area (Å²) in [6.45, 7) is 4.73. The Morgan fingerprint density at radius 3 is 2.33 bits per heavy atom. The average Bonchev–Trinajstić information content (AvgIpc) is 2.55. The minimum absolute atomic E-state index is 0.132. The summed E-state index contributed by atoms with van der Waals surface area (Å²) in [7, 11) is 0. The average molecular weight is 328 g/mol. The summed E-state index contributed by atoms with van der Waals surface area (Å²) < 4.78 is 11.0. The number of carboxylic acid groups (broad SMARTS) is 1. The van der Waals surface area contributed by atoms with Gasteiger partial charge >= 0.3 is 11.9 Å². The highest BCUT2D eigenvalue weighted by Gasteiger charge is 2.15. The molecule has 0 atom stereocenters. The quantitative estimate of drug-likeness (QED) is 0.613. The molecule has 0 aliphatic rings. The van der Waals surface area contributed by atoms with Crippen molar-refractivity contribution in [3.05, 3.63) is 59.7 Å². The largest absolute Gasteiger partial charge is 0.493 e. The number of hydrogen-bond donors (Lipinski definition) is 1. The molecular weight excluding hydrogens is 308 g/mol. The Balaban J connectivity index is 2.07. The predicted molar refractivity (Wildman–Crippen MR) is 89.8 cm³/mol. The fourth-order valence-electron chi connectivity index (χ4n) is 1.99. The summed E-state index contributed by atoms with van der Waals surface area (Å²) in [5, 5.41) is 8.87. The zero-order valence-corrected chi connectivity index (χ0v) is 13.7. The van der Waals surface area contributed by atoms with Crippen LogP contribution in [0.5, 0.6) is 11.5 Å². The lowest BCUT2D eigenvalue weighted by molar-refractivity contribution is 0.0696. The SMILES string of the molecule is CC(C)CCOc1ccccc1C(=O)Oc1ccc(C(=O)O)cc1. The zero-order valence-electron chi connectivity index (χ0n) is 13.7. The number of aromatic carboxylic acids is 1. The Hall–Kier alpha value is -2.82. The highest BCUT2D eigenvalue weighted by Crippen LogP contribution is 2.21. The molecule has 0 aliphatic carbocycles. The standard InChI is InChI=1S/C19H20O5/c1-13(2)11-12-23-17-6-4-3-5-16(17)19(22)24-15-9-7-14(8-10-15)18(20)21/h3-10,13H,11-12H2,1-2H3,(H,20,21). The van der Waals surface area contributed by atoms with Gasteiger partial charge in [0.2, 0.25) is 0 Å². The molecule has 0 heterocycles. The molecule has 5 nitrogen and oxygen atoms in total. The van der Waals surface area contributed by atoms with Crippen LogP contribution in [0.2, 0.25) is 0 Å². The van der Waals surface area contributed by atoms with Crippen LogP contribution in [-0.2, 0) is 0 Å². The molecule has 0 saturated carbocycles. The molecule has 2 aromatic rings. The third-order valence-electron chi connectivity index (χ3n) is 3.37. The number of hydrogen-bond acceptors (Lipinski definition) is 4. The Bertz CT molecular complexity index is 704. The van der Waals surface area contributed by atoms with Crippen molar-refractivity contribution in [3.63, 3.8) is 0 Å². The van der Waals surface area contributed by atoms with Crippen LogP contribution in [0.3, 0.4) is 0 Å². The summed E-state index contributed by atoms with van der Waals surface area (Å²) in [5.74, 6) is -0.306. The van der Waals surface area contributed by atoms with E-state index in [0.717, 1.165) is 6.42 Å². The van der Waals surface area contributed by atoms with Crippen molar-refractivity contribution in [3.8, 4) is 11.5 Å². The Morgan fingerprint density at radius 2 is 1.71 bits per heavy atom. The lowest BCUT2D eigenvalue weighted by atomic mass is 10.1. The maximum atomic E-state index is 12.3. The molecule has 126 valence electrons. The summed E-state index contributed by atoms with van der Waals surface area (Å²) in [5.41, 5.74) is 0.468. The second kappa shape index (κ2) is 8.15. The molecule has 0 unspecified atom stereocenters. The van der Waals surface area contributed by atoms with Crippen molar-refractivity contribution in [1.82, 2.24) is 0 Å². The summed E-state index contributed by atoms with van der Waals surface area (Å²) >= 11 is 0. The van der Waals surface area contributed by atoms with E-state index in [1.165, 1.54) is 24.3 Å². The fraction of sp³-hybridized carbons (Fsp3) is 0.263. The van der Waals surface area contributed by atoms with E-state index in [0.29, 0.717) is 23.8 Å². The second-order valence-electron chi connectivity index (χ2n) is 5.75. The van der Waals surface area contributed by atoms with Crippen LogP contribution in [-0.4, -0.2) is 23.7 Å². The van der Waals surface area contributed by atoms with Gasteiger partial charge in [-0.15, -0.1) is 0 Å². The van der Waals surface area contributed by atoms with Crippen molar-refractivity contribution >= 4 is 11.9 Å². The zero-order chi connectivity index (χ0) is 17.5. The molecular formula is C19H20O5. The number of carbonyl (C=O) groups excluding carboxylic acids is 1. The Morgan fingerprint density at radius 1 is 1.04 bits per heavy atom. The van der Waals surface area contributed by atoms with E-state index < -0.39 is 11.9 Å². The first-order valence-corrected chi connectivity index (χ1v) is 7.74. The van der Waals surface area contributed by atoms with E-state index in [-0.39, 0.29) is 11.3 Å². The molecule has 0 amide bonds. The molecule has 2 aromatic carbocycles. The normalized spacial score (nSPS) is 10.5. The molecule has 24 heavy (non-hydrogen) atoms. The summed E-state index contributed by atoms with van der Waals surface area (Å²) in [6.07, 6.45) is 0.889. The van der Waals surface area contributed by atoms with Crippen LogP contribution in [0.15, 0.2) is 48.5 Å². The van der Waals surface area contributed by atoms with Gasteiger partial charge in [0.05, 0.1) is 12.2 Å². The van der Waals surface area contributed by atoms with Gasteiger partial charge in [-0.25, -0.2) is 9.59 Å². The van der Waals surface area contributed by atoms with Crippen LogP contribution < -0.4 is 9.47 Å². The minimum atomic E-state index is -1.03. The van der Waals surface area contributed by atoms with E-state index in [1.54, 1.807) is 24.3 Å². The topological polar surface area (TPSA) is 72.8 Å². The number of esters is 1. The molecule has 0 fully saturated rings. The Kier molecular flexibility index (Phi) is 5.95. The monoisotopic (exact) mass is 328 g/mol. The van der Waals surface area contributed by atoms with Crippen LogP contribution in [0.4, 0.5) is 0 Å². The number of ether oxygens (including phenoxy) is 2. The van der Waals surface area contributed by atoms with E-state index in [4.69, 9.17) is 14.6 Å². The predicted octanol–water partition coefficient (Wildman–Crippen LogP) is 4.03. The maximum Gasteiger partial charge on any atom is 0.347 e. The lowest BCUT2D eigenvalue weighted by Gasteiger charge is -2.12. The number of rotatable bonds is 7. The maximum absolute atomic E-state index is 12.3. The second-order valence-corrected chi connectivity index (χ2v) is 5.75. The number of carbonyl (C=O) groups is 2. The first-order valence-electron chi connectivity index (χ1n) is 7.74. The van der Waals surface area contributed by atoms with E-state index in [9.17, 15) is 9.59 Å². The Labute approximate surface area is 140 Å². The molecule has 2 rings (SSSR count). The van der Waals surface area contributed by atoms with Crippen LogP contribution in [0.25, 0.3) is 0 Å². The van der Waals surface area contributed by atoms with Crippen molar-refractivity contribution in [2.45, 2.75) is 20.3 Å². The number of benzene rings is 2. The molecule has 5 heteroatoms. The van der Waals surface area contributed by atoms with Crippen molar-refractivity contribution in [2.75, 3.05) is 6.61 Å². The third-order valence-corrected chi connectivity index (χ3v) is 3.37. The van der Waals surface area contributed by atoms with Crippen LogP contribution in [0, 0.1) is 5.92 Å². The summed E-state index contributed by atoms with van der Waals surface area (Å²) in [6, 6.07) is 12.6. The molecule has 1 N–H and O–H groups in total.